The summed E-state index contributed by atoms with van der Waals surface area (Å²) >= 11 is 5.92. The van der Waals surface area contributed by atoms with E-state index in [-0.39, 0.29) is 9.92 Å². The highest BCUT2D eigenvalue weighted by Crippen LogP contribution is 2.24. The second kappa shape index (κ2) is 7.49. The van der Waals surface area contributed by atoms with Crippen LogP contribution in [0, 0.1) is 0 Å². The van der Waals surface area contributed by atoms with E-state index in [1.165, 1.54) is 12.1 Å². The monoisotopic (exact) mass is 341 g/mol. The van der Waals surface area contributed by atoms with Crippen LogP contribution in [0.1, 0.15) is 0 Å². The Hall–Kier alpha value is -1.76. The summed E-state index contributed by atoms with van der Waals surface area (Å²) in [6.45, 7) is 0.919. The van der Waals surface area contributed by atoms with E-state index in [0.29, 0.717) is 24.7 Å². The van der Waals surface area contributed by atoms with Gasteiger partial charge in [0.05, 0.1) is 11.6 Å². The van der Waals surface area contributed by atoms with E-state index in [9.17, 15) is 8.42 Å². The molecule has 2 aromatic carbocycles. The molecule has 0 saturated carbocycles. The lowest BCUT2D eigenvalue weighted by molar-refractivity contribution is 0.146. The van der Waals surface area contributed by atoms with Crippen LogP contribution in [-0.2, 0) is 14.8 Å². The zero-order valence-electron chi connectivity index (χ0n) is 12.0. The average Bonchev–Trinajstić information content (AvgIpc) is 2.49. The number of methoxy groups -OCH3 is 1. The molecule has 0 radical (unpaired) electrons. The van der Waals surface area contributed by atoms with Crippen molar-refractivity contribution in [2.45, 2.75) is 4.90 Å². The quantitative estimate of drug-likeness (QED) is 0.786. The molecule has 22 heavy (non-hydrogen) atoms. The van der Waals surface area contributed by atoms with Crippen LogP contribution >= 0.6 is 11.6 Å². The van der Waals surface area contributed by atoms with Crippen molar-refractivity contribution >= 4 is 27.3 Å². The Morgan fingerprint density at radius 3 is 2.36 bits per heavy atom. The molecule has 0 saturated heterocycles. The molecular weight excluding hydrogens is 326 g/mol. The van der Waals surface area contributed by atoms with Crippen molar-refractivity contribution in [3.05, 3.63) is 53.6 Å². The van der Waals surface area contributed by atoms with Crippen molar-refractivity contribution in [1.29, 1.82) is 0 Å². The fourth-order valence-electron chi connectivity index (χ4n) is 1.73. The highest BCUT2D eigenvalue weighted by molar-refractivity contribution is 7.92. The number of rotatable bonds is 7. The van der Waals surface area contributed by atoms with Gasteiger partial charge in [0.15, 0.2) is 0 Å². The summed E-state index contributed by atoms with van der Waals surface area (Å²) < 4.78 is 37.3. The molecule has 0 aromatic heterocycles. The first-order chi connectivity index (χ1) is 10.5. The average molecular weight is 342 g/mol. The zero-order valence-corrected chi connectivity index (χ0v) is 13.5. The summed E-state index contributed by atoms with van der Waals surface area (Å²) in [6, 6.07) is 12.9. The van der Waals surface area contributed by atoms with Gasteiger partial charge in [-0.2, -0.15) is 0 Å². The van der Waals surface area contributed by atoms with Gasteiger partial charge in [0.25, 0.3) is 10.0 Å². The third-order valence-electron chi connectivity index (χ3n) is 2.79. The van der Waals surface area contributed by atoms with Crippen LogP contribution in [0.4, 0.5) is 5.69 Å². The van der Waals surface area contributed by atoms with Crippen LogP contribution in [0.15, 0.2) is 53.4 Å². The molecule has 0 fully saturated rings. The van der Waals surface area contributed by atoms with Gasteiger partial charge in [-0.1, -0.05) is 23.7 Å². The molecule has 2 aromatic rings. The van der Waals surface area contributed by atoms with E-state index in [4.69, 9.17) is 21.1 Å². The topological polar surface area (TPSA) is 64.6 Å². The minimum atomic E-state index is -3.72. The normalized spacial score (nSPS) is 11.2. The predicted octanol–water partition coefficient (Wildman–Crippen LogP) is 3.17. The van der Waals surface area contributed by atoms with Gasteiger partial charge in [0.2, 0.25) is 0 Å². The van der Waals surface area contributed by atoms with Crippen LogP contribution in [0.2, 0.25) is 5.02 Å². The SMILES string of the molecule is COCCOc1ccc(NS(=O)(=O)c2ccccc2Cl)cc1. The summed E-state index contributed by atoms with van der Waals surface area (Å²) in [7, 11) is -2.13. The predicted molar refractivity (Wildman–Crippen MR) is 86.1 cm³/mol. The molecule has 118 valence electrons. The van der Waals surface area contributed by atoms with Crippen LogP contribution in [0.5, 0.6) is 5.75 Å². The molecule has 0 aliphatic rings. The highest BCUT2D eigenvalue weighted by Gasteiger charge is 2.17. The molecule has 1 N–H and O–H groups in total. The Kier molecular flexibility index (Phi) is 5.65. The van der Waals surface area contributed by atoms with Crippen molar-refractivity contribution in [3.63, 3.8) is 0 Å². The molecule has 2 rings (SSSR count). The third kappa shape index (κ3) is 4.37. The molecule has 0 bridgehead atoms. The van der Waals surface area contributed by atoms with Gasteiger partial charge in [-0.25, -0.2) is 8.42 Å². The number of ether oxygens (including phenoxy) is 2. The summed E-state index contributed by atoms with van der Waals surface area (Å²) in [6.07, 6.45) is 0. The van der Waals surface area contributed by atoms with Crippen LogP contribution in [-0.4, -0.2) is 28.7 Å². The second-order valence-electron chi connectivity index (χ2n) is 4.40. The highest BCUT2D eigenvalue weighted by atomic mass is 35.5. The van der Waals surface area contributed by atoms with E-state index in [2.05, 4.69) is 4.72 Å². The van der Waals surface area contributed by atoms with Crippen LogP contribution < -0.4 is 9.46 Å². The standard InChI is InChI=1S/C15H16ClNO4S/c1-20-10-11-21-13-8-6-12(7-9-13)17-22(18,19)15-5-3-2-4-14(15)16/h2-9,17H,10-11H2,1H3. The number of halogens is 1. The lowest BCUT2D eigenvalue weighted by Gasteiger charge is -2.10. The largest absolute Gasteiger partial charge is 0.491 e. The second-order valence-corrected chi connectivity index (χ2v) is 6.46. The van der Waals surface area contributed by atoms with E-state index in [1.807, 2.05) is 0 Å². The zero-order chi connectivity index (χ0) is 16.0. The summed E-state index contributed by atoms with van der Waals surface area (Å²) in [5, 5.41) is 0.175. The summed E-state index contributed by atoms with van der Waals surface area (Å²) in [5.74, 6) is 0.637. The van der Waals surface area contributed by atoms with Gasteiger partial charge in [-0.05, 0) is 36.4 Å². The third-order valence-corrected chi connectivity index (χ3v) is 4.67. The Morgan fingerprint density at radius 2 is 1.73 bits per heavy atom. The molecule has 0 atom stereocenters. The Morgan fingerprint density at radius 1 is 1.05 bits per heavy atom. The summed E-state index contributed by atoms with van der Waals surface area (Å²) in [5.41, 5.74) is 0.430. The smallest absolute Gasteiger partial charge is 0.263 e. The van der Waals surface area contributed by atoms with Crippen molar-refractivity contribution in [2.24, 2.45) is 0 Å². The number of benzene rings is 2. The molecule has 5 nitrogen and oxygen atoms in total. The molecule has 0 unspecified atom stereocenters. The first-order valence-electron chi connectivity index (χ1n) is 6.52. The minimum Gasteiger partial charge on any atom is -0.491 e. The number of nitrogens with one attached hydrogen (secondary N) is 1. The van der Waals surface area contributed by atoms with Crippen molar-refractivity contribution in [2.75, 3.05) is 25.0 Å². The number of sulfonamides is 1. The van der Waals surface area contributed by atoms with Crippen molar-refractivity contribution in [3.8, 4) is 5.75 Å². The molecule has 0 spiro atoms. The van der Waals surface area contributed by atoms with Gasteiger partial charge in [0, 0.05) is 12.8 Å². The molecule has 7 heteroatoms. The van der Waals surface area contributed by atoms with E-state index >= 15 is 0 Å². The fourth-order valence-corrected chi connectivity index (χ4v) is 3.31. The van der Waals surface area contributed by atoms with E-state index in [1.54, 1.807) is 43.5 Å². The summed E-state index contributed by atoms with van der Waals surface area (Å²) in [4.78, 5) is 0.0390. The fraction of sp³-hybridized carbons (Fsp3) is 0.200. The van der Waals surface area contributed by atoms with Gasteiger partial charge in [-0.15, -0.1) is 0 Å². The minimum absolute atomic E-state index is 0.0390. The molecule has 0 aliphatic heterocycles. The maximum absolute atomic E-state index is 12.3. The molecule has 0 aliphatic carbocycles. The van der Waals surface area contributed by atoms with Gasteiger partial charge in [0.1, 0.15) is 17.3 Å². The lowest BCUT2D eigenvalue weighted by Crippen LogP contribution is -2.13. The first kappa shape index (κ1) is 16.6. The maximum atomic E-state index is 12.3. The Labute approximate surface area is 134 Å². The van der Waals surface area contributed by atoms with E-state index in [0.717, 1.165) is 0 Å². The van der Waals surface area contributed by atoms with Gasteiger partial charge >= 0.3 is 0 Å². The Bertz CT molecular complexity index is 717. The number of anilines is 1. The molecular formula is C15H16ClNO4S. The van der Waals surface area contributed by atoms with Crippen molar-refractivity contribution in [1.82, 2.24) is 0 Å². The number of hydrogen-bond acceptors (Lipinski definition) is 4. The van der Waals surface area contributed by atoms with Crippen LogP contribution in [0.3, 0.4) is 0 Å². The van der Waals surface area contributed by atoms with Gasteiger partial charge < -0.3 is 9.47 Å². The Balaban J connectivity index is 2.09. The molecule has 0 heterocycles. The van der Waals surface area contributed by atoms with Crippen molar-refractivity contribution < 1.29 is 17.9 Å². The van der Waals surface area contributed by atoms with E-state index < -0.39 is 10.0 Å². The lowest BCUT2D eigenvalue weighted by atomic mass is 10.3. The van der Waals surface area contributed by atoms with Crippen LogP contribution in [0.25, 0.3) is 0 Å². The number of hydrogen-bond donors (Lipinski definition) is 1. The molecule has 0 amide bonds. The first-order valence-corrected chi connectivity index (χ1v) is 8.38. The van der Waals surface area contributed by atoms with Gasteiger partial charge in [-0.3, -0.25) is 4.72 Å². The maximum Gasteiger partial charge on any atom is 0.263 e.